The van der Waals surface area contributed by atoms with Crippen LogP contribution in [0.4, 0.5) is 0 Å². The molecular weight excluding hydrogens is 400 g/mol. The minimum atomic E-state index is 0.0443. The van der Waals surface area contributed by atoms with Gasteiger partial charge < -0.3 is 0 Å². The number of rotatable bonds is 4. The quantitative estimate of drug-likeness (QED) is 0.446. The Labute approximate surface area is 177 Å². The summed E-state index contributed by atoms with van der Waals surface area (Å²) in [5, 5.41) is 0.908. The Bertz CT molecular complexity index is 1270. The highest BCUT2D eigenvalue weighted by molar-refractivity contribution is 7.98. The maximum atomic E-state index is 12.8. The molecule has 0 amide bonds. The first-order chi connectivity index (χ1) is 14.1. The minimum Gasteiger partial charge on any atom is -0.295 e. The molecule has 0 N–H and O–H groups in total. The highest BCUT2D eigenvalue weighted by Crippen LogP contribution is 2.30. The first-order valence-corrected chi connectivity index (χ1v) is 11.7. The highest BCUT2D eigenvalue weighted by Gasteiger charge is 2.19. The van der Waals surface area contributed by atoms with Crippen molar-refractivity contribution in [3.8, 4) is 5.69 Å². The summed E-state index contributed by atoms with van der Waals surface area (Å²) in [5.74, 6) is 0.621. The fourth-order valence-electron chi connectivity index (χ4n) is 3.93. The van der Waals surface area contributed by atoms with E-state index >= 15 is 0 Å². The average Bonchev–Trinajstić information content (AvgIpc) is 3.32. The van der Waals surface area contributed by atoms with Gasteiger partial charge >= 0.3 is 0 Å². The van der Waals surface area contributed by atoms with Crippen molar-refractivity contribution in [1.82, 2.24) is 18.9 Å². The van der Waals surface area contributed by atoms with Crippen LogP contribution in [0.3, 0.4) is 0 Å². The molecule has 148 valence electrons. The number of thioether (sulfide) groups is 1. The fourth-order valence-corrected chi connectivity index (χ4v) is 6.02. The molecule has 0 spiro atoms. The largest absolute Gasteiger partial charge is 0.295 e. The summed E-state index contributed by atoms with van der Waals surface area (Å²) >= 11 is 3.29. The van der Waals surface area contributed by atoms with Gasteiger partial charge in [0.2, 0.25) is 0 Å². The topological polar surface area (TPSA) is 52.2 Å². The third kappa shape index (κ3) is 3.32. The second-order valence-electron chi connectivity index (χ2n) is 7.47. The summed E-state index contributed by atoms with van der Waals surface area (Å²) in [5.41, 5.74) is 5.68. The molecule has 0 saturated heterocycles. The number of hydrogen-bond acceptors (Lipinski definition) is 5. The van der Waals surface area contributed by atoms with E-state index in [-0.39, 0.29) is 5.56 Å². The van der Waals surface area contributed by atoms with Crippen LogP contribution in [0.15, 0.2) is 46.6 Å². The van der Waals surface area contributed by atoms with Gasteiger partial charge in [-0.2, -0.15) is 0 Å². The van der Waals surface area contributed by atoms with Crippen LogP contribution in [0.5, 0.6) is 0 Å². The van der Waals surface area contributed by atoms with Crippen molar-refractivity contribution in [1.29, 1.82) is 0 Å². The van der Waals surface area contributed by atoms with Gasteiger partial charge in [-0.05, 0) is 56.7 Å². The lowest BCUT2D eigenvalue weighted by Crippen LogP contribution is -2.17. The number of benzene rings is 1. The normalized spacial score (nSPS) is 13.7. The molecule has 0 aliphatic heterocycles. The maximum absolute atomic E-state index is 12.8. The smallest absolute Gasteiger partial charge is 0.259 e. The molecule has 0 atom stereocenters. The summed E-state index contributed by atoms with van der Waals surface area (Å²) in [7, 11) is 0. The van der Waals surface area contributed by atoms with E-state index in [0.717, 1.165) is 40.8 Å². The SMILES string of the molecule is Cc1cccc(-n2ccnc2SCc2cc(=O)n3c4c(sc3n2)CCCC4)c1C. The third-order valence-corrected chi connectivity index (χ3v) is 7.75. The molecule has 1 aliphatic rings. The molecule has 5 rings (SSSR count). The molecule has 7 heteroatoms. The Morgan fingerprint density at radius 2 is 2.07 bits per heavy atom. The Kier molecular flexibility index (Phi) is 4.80. The number of aromatic nitrogens is 4. The monoisotopic (exact) mass is 422 g/mol. The van der Waals surface area contributed by atoms with Gasteiger partial charge in [-0.3, -0.25) is 13.8 Å². The van der Waals surface area contributed by atoms with Crippen molar-refractivity contribution in [2.24, 2.45) is 0 Å². The molecule has 0 bridgehead atoms. The molecule has 0 fully saturated rings. The van der Waals surface area contributed by atoms with E-state index in [1.165, 1.54) is 28.1 Å². The highest BCUT2D eigenvalue weighted by atomic mass is 32.2. The number of hydrogen-bond donors (Lipinski definition) is 0. The first kappa shape index (κ1) is 18.6. The van der Waals surface area contributed by atoms with E-state index in [9.17, 15) is 4.79 Å². The zero-order valence-corrected chi connectivity index (χ0v) is 18.1. The molecule has 0 unspecified atom stereocenters. The van der Waals surface area contributed by atoms with Crippen LogP contribution in [0.2, 0.25) is 0 Å². The van der Waals surface area contributed by atoms with Gasteiger partial charge in [0.15, 0.2) is 10.1 Å². The Hall–Kier alpha value is -2.38. The van der Waals surface area contributed by atoms with Crippen molar-refractivity contribution >= 4 is 28.1 Å². The Morgan fingerprint density at radius 1 is 1.21 bits per heavy atom. The molecular formula is C22H22N4OS2. The molecule has 1 aliphatic carbocycles. The van der Waals surface area contributed by atoms with Crippen LogP contribution in [-0.2, 0) is 18.6 Å². The number of aryl methyl sites for hydroxylation is 3. The zero-order chi connectivity index (χ0) is 20.0. The average molecular weight is 423 g/mol. The van der Waals surface area contributed by atoms with E-state index in [2.05, 4.69) is 41.6 Å². The lowest BCUT2D eigenvalue weighted by molar-refractivity contribution is 0.670. The maximum Gasteiger partial charge on any atom is 0.259 e. The van der Waals surface area contributed by atoms with Crippen molar-refractivity contribution in [3.05, 3.63) is 74.4 Å². The molecule has 4 aromatic rings. The summed E-state index contributed by atoms with van der Waals surface area (Å²) in [6.45, 7) is 4.25. The number of thiazole rings is 1. The number of nitrogens with zero attached hydrogens (tertiary/aromatic N) is 4. The summed E-state index contributed by atoms with van der Waals surface area (Å²) in [4.78, 5) is 24.3. The minimum absolute atomic E-state index is 0.0443. The molecule has 5 nitrogen and oxygen atoms in total. The first-order valence-electron chi connectivity index (χ1n) is 9.88. The van der Waals surface area contributed by atoms with Gasteiger partial charge in [0.25, 0.3) is 5.56 Å². The summed E-state index contributed by atoms with van der Waals surface area (Å²) < 4.78 is 3.94. The molecule has 3 aromatic heterocycles. The van der Waals surface area contributed by atoms with Gasteiger partial charge in [0, 0.05) is 34.8 Å². The predicted molar refractivity (Wildman–Crippen MR) is 119 cm³/mol. The molecule has 29 heavy (non-hydrogen) atoms. The summed E-state index contributed by atoms with van der Waals surface area (Å²) in [6, 6.07) is 7.99. The molecule has 1 aromatic carbocycles. The number of fused-ring (bicyclic) bond motifs is 3. The lowest BCUT2D eigenvalue weighted by Gasteiger charge is -2.12. The number of imidazole rings is 1. The van der Waals surface area contributed by atoms with Crippen molar-refractivity contribution in [3.63, 3.8) is 0 Å². The standard InChI is InChI=1S/C22H22N4OS2/c1-14-6-5-8-17(15(14)2)25-11-10-23-21(25)28-13-16-12-20(27)26-18-7-3-4-9-19(18)29-22(26)24-16/h5-6,8,10-12H,3-4,7,9,13H2,1-2H3. The predicted octanol–water partition coefficient (Wildman–Crippen LogP) is 4.73. The van der Waals surface area contributed by atoms with Crippen LogP contribution in [0, 0.1) is 13.8 Å². The third-order valence-electron chi connectivity index (χ3n) is 5.61. The second kappa shape index (κ2) is 7.46. The lowest BCUT2D eigenvalue weighted by atomic mass is 10.0. The van der Waals surface area contributed by atoms with Gasteiger partial charge in [-0.1, -0.05) is 23.9 Å². The second-order valence-corrected chi connectivity index (χ2v) is 9.47. The Morgan fingerprint density at radius 3 is 2.97 bits per heavy atom. The summed E-state index contributed by atoms with van der Waals surface area (Å²) in [6.07, 6.45) is 8.23. The van der Waals surface area contributed by atoms with Crippen molar-refractivity contribution < 1.29 is 0 Å². The van der Waals surface area contributed by atoms with Gasteiger partial charge in [-0.25, -0.2) is 9.97 Å². The fraction of sp³-hybridized carbons (Fsp3) is 0.318. The van der Waals surface area contributed by atoms with Crippen LogP contribution < -0.4 is 5.56 Å². The Balaban J connectivity index is 1.44. The molecule has 0 radical (unpaired) electrons. The van der Waals surface area contributed by atoms with Crippen LogP contribution >= 0.6 is 23.1 Å². The van der Waals surface area contributed by atoms with E-state index in [0.29, 0.717) is 5.75 Å². The van der Waals surface area contributed by atoms with E-state index in [4.69, 9.17) is 4.98 Å². The molecule has 3 heterocycles. The van der Waals surface area contributed by atoms with Gasteiger partial charge in [0.1, 0.15) is 0 Å². The van der Waals surface area contributed by atoms with Crippen molar-refractivity contribution in [2.75, 3.05) is 0 Å². The van der Waals surface area contributed by atoms with Crippen molar-refractivity contribution in [2.45, 2.75) is 50.4 Å². The van der Waals surface area contributed by atoms with E-state index in [1.54, 1.807) is 29.2 Å². The van der Waals surface area contributed by atoms with Crippen LogP contribution in [0.1, 0.15) is 40.2 Å². The van der Waals surface area contributed by atoms with E-state index in [1.807, 2.05) is 16.8 Å². The molecule has 0 saturated carbocycles. The zero-order valence-electron chi connectivity index (χ0n) is 16.5. The van der Waals surface area contributed by atoms with Crippen LogP contribution in [-0.4, -0.2) is 18.9 Å². The van der Waals surface area contributed by atoms with E-state index < -0.39 is 0 Å². The van der Waals surface area contributed by atoms with Crippen LogP contribution in [0.25, 0.3) is 10.6 Å². The van der Waals surface area contributed by atoms with Gasteiger partial charge in [0.05, 0.1) is 11.4 Å². The van der Waals surface area contributed by atoms with Gasteiger partial charge in [-0.15, -0.1) is 11.3 Å².